The molecule has 2 nitrogen and oxygen atoms in total. The van der Waals surface area contributed by atoms with Crippen LogP contribution < -0.4 is 0 Å². The van der Waals surface area contributed by atoms with Crippen LogP contribution >= 0.6 is 8.81 Å². The number of hydrogen-bond acceptors (Lipinski definition) is 2. The Morgan fingerprint density at radius 2 is 1.85 bits per heavy atom. The average molecular weight is 204 g/mol. The standard InChI is InChI=1S/C10H21O2P/c1-3-5-7-8-10(11)12-13-9-6-4-2/h13H,3-9H2,1-2H3. The zero-order chi connectivity index (χ0) is 9.94. The first-order chi connectivity index (χ1) is 6.31. The lowest BCUT2D eigenvalue weighted by atomic mass is 10.2. The fraction of sp³-hybridized carbons (Fsp3) is 0.900. The molecule has 0 aromatic carbocycles. The Balaban J connectivity index is 3.11. The van der Waals surface area contributed by atoms with Crippen molar-refractivity contribution in [3.63, 3.8) is 0 Å². The van der Waals surface area contributed by atoms with Crippen molar-refractivity contribution in [2.45, 2.75) is 52.4 Å². The average Bonchev–Trinajstić information content (AvgIpc) is 2.13. The highest BCUT2D eigenvalue weighted by Crippen LogP contribution is 2.16. The molecular formula is C10H21O2P. The molecule has 0 aromatic rings. The van der Waals surface area contributed by atoms with Crippen molar-refractivity contribution in [3.05, 3.63) is 0 Å². The van der Waals surface area contributed by atoms with E-state index in [9.17, 15) is 4.79 Å². The van der Waals surface area contributed by atoms with Crippen molar-refractivity contribution < 1.29 is 9.32 Å². The fourth-order valence-electron chi connectivity index (χ4n) is 0.951. The molecular weight excluding hydrogens is 183 g/mol. The van der Waals surface area contributed by atoms with Gasteiger partial charge in [-0.1, -0.05) is 33.1 Å². The summed E-state index contributed by atoms with van der Waals surface area (Å²) in [5.41, 5.74) is 0. The van der Waals surface area contributed by atoms with Crippen LogP contribution in [0.3, 0.4) is 0 Å². The molecule has 0 aliphatic rings. The van der Waals surface area contributed by atoms with Gasteiger partial charge in [0, 0.05) is 12.6 Å². The van der Waals surface area contributed by atoms with Gasteiger partial charge in [0.25, 0.3) is 0 Å². The second-order valence-electron chi connectivity index (χ2n) is 3.18. The van der Waals surface area contributed by atoms with Gasteiger partial charge in [0.1, 0.15) is 0 Å². The molecule has 0 fully saturated rings. The smallest absolute Gasteiger partial charge is 0.308 e. The maximum Gasteiger partial charge on any atom is 0.308 e. The van der Waals surface area contributed by atoms with Crippen molar-refractivity contribution in [1.29, 1.82) is 0 Å². The van der Waals surface area contributed by atoms with Crippen LogP contribution in [0.2, 0.25) is 0 Å². The summed E-state index contributed by atoms with van der Waals surface area (Å²) in [6, 6.07) is 0. The summed E-state index contributed by atoms with van der Waals surface area (Å²) in [5.74, 6) is -0.0112. The Bertz CT molecular complexity index is 126. The van der Waals surface area contributed by atoms with Gasteiger partial charge < -0.3 is 4.52 Å². The molecule has 1 unspecified atom stereocenters. The molecule has 0 aliphatic carbocycles. The van der Waals surface area contributed by atoms with Crippen LogP contribution in [-0.2, 0) is 9.32 Å². The molecule has 0 bridgehead atoms. The van der Waals surface area contributed by atoms with E-state index in [1.807, 2.05) is 0 Å². The van der Waals surface area contributed by atoms with Crippen LogP contribution in [0.4, 0.5) is 0 Å². The zero-order valence-electron chi connectivity index (χ0n) is 8.77. The van der Waals surface area contributed by atoms with Crippen LogP contribution in [0.1, 0.15) is 52.4 Å². The van der Waals surface area contributed by atoms with Gasteiger partial charge in [0.05, 0.1) is 8.81 Å². The summed E-state index contributed by atoms with van der Waals surface area (Å²) in [5, 5.41) is 0. The number of unbranched alkanes of at least 4 members (excludes halogenated alkanes) is 3. The van der Waals surface area contributed by atoms with Crippen LogP contribution in [0.15, 0.2) is 0 Å². The van der Waals surface area contributed by atoms with Crippen molar-refractivity contribution in [2.24, 2.45) is 0 Å². The molecule has 0 aromatic heterocycles. The Labute approximate surface area is 83.3 Å². The predicted octanol–water partition coefficient (Wildman–Crippen LogP) is 3.50. The molecule has 0 N–H and O–H groups in total. The van der Waals surface area contributed by atoms with Crippen molar-refractivity contribution in [2.75, 3.05) is 6.16 Å². The van der Waals surface area contributed by atoms with E-state index >= 15 is 0 Å². The summed E-state index contributed by atoms with van der Waals surface area (Å²) < 4.78 is 5.08. The van der Waals surface area contributed by atoms with Crippen molar-refractivity contribution in [3.8, 4) is 0 Å². The molecule has 0 rings (SSSR count). The second kappa shape index (κ2) is 9.98. The lowest BCUT2D eigenvalue weighted by molar-refractivity contribution is -0.133. The molecule has 13 heavy (non-hydrogen) atoms. The maximum absolute atomic E-state index is 11.1. The van der Waals surface area contributed by atoms with Gasteiger partial charge in [-0.25, -0.2) is 0 Å². The topological polar surface area (TPSA) is 26.3 Å². The molecule has 0 radical (unpaired) electrons. The Hall–Kier alpha value is -0.100. The van der Waals surface area contributed by atoms with E-state index in [2.05, 4.69) is 13.8 Å². The molecule has 0 spiro atoms. The minimum atomic E-state index is -0.0112. The first-order valence-corrected chi connectivity index (χ1v) is 6.35. The molecule has 0 amide bonds. The lowest BCUT2D eigenvalue weighted by Gasteiger charge is -2.02. The molecule has 0 saturated carbocycles. The third-order valence-corrected chi connectivity index (χ3v) is 2.73. The number of carbonyl (C=O) groups is 1. The van der Waals surface area contributed by atoms with Gasteiger partial charge in [-0.15, -0.1) is 0 Å². The van der Waals surface area contributed by atoms with E-state index in [4.69, 9.17) is 4.52 Å². The van der Waals surface area contributed by atoms with Crippen LogP contribution in [0.25, 0.3) is 0 Å². The summed E-state index contributed by atoms with van der Waals surface area (Å²) in [4.78, 5) is 11.1. The van der Waals surface area contributed by atoms with E-state index in [1.54, 1.807) is 0 Å². The normalized spacial score (nSPS) is 10.9. The molecule has 3 heteroatoms. The molecule has 78 valence electrons. The van der Waals surface area contributed by atoms with Crippen molar-refractivity contribution >= 4 is 14.8 Å². The predicted molar refractivity (Wildman–Crippen MR) is 58.3 cm³/mol. The number of hydrogen-bond donors (Lipinski definition) is 0. The third kappa shape index (κ3) is 9.82. The first kappa shape index (κ1) is 12.9. The molecule has 0 aliphatic heterocycles. The Morgan fingerprint density at radius 3 is 2.46 bits per heavy atom. The fourth-order valence-corrected chi connectivity index (χ4v) is 1.81. The second-order valence-corrected chi connectivity index (χ2v) is 4.17. The van der Waals surface area contributed by atoms with E-state index in [1.165, 1.54) is 12.8 Å². The first-order valence-electron chi connectivity index (χ1n) is 5.23. The van der Waals surface area contributed by atoms with Gasteiger partial charge in [0.2, 0.25) is 0 Å². The van der Waals surface area contributed by atoms with Crippen LogP contribution in [-0.4, -0.2) is 12.1 Å². The van der Waals surface area contributed by atoms with E-state index in [-0.39, 0.29) is 5.97 Å². The SMILES string of the molecule is CCCCCC(=O)OPCCCC. The third-order valence-electron chi connectivity index (χ3n) is 1.80. The minimum Gasteiger partial charge on any atom is -0.448 e. The van der Waals surface area contributed by atoms with E-state index in [0.717, 1.165) is 25.4 Å². The van der Waals surface area contributed by atoms with Gasteiger partial charge in [-0.3, -0.25) is 4.79 Å². The van der Waals surface area contributed by atoms with Gasteiger partial charge in [0.15, 0.2) is 0 Å². The molecule has 0 saturated heterocycles. The number of rotatable bonds is 8. The van der Waals surface area contributed by atoms with Gasteiger partial charge >= 0.3 is 5.97 Å². The van der Waals surface area contributed by atoms with E-state index in [0.29, 0.717) is 15.2 Å². The highest BCUT2D eigenvalue weighted by molar-refractivity contribution is 7.32. The van der Waals surface area contributed by atoms with Gasteiger partial charge in [-0.2, -0.15) is 0 Å². The monoisotopic (exact) mass is 204 g/mol. The summed E-state index contributed by atoms with van der Waals surface area (Å²) >= 11 is 0. The van der Waals surface area contributed by atoms with Crippen LogP contribution in [0.5, 0.6) is 0 Å². The van der Waals surface area contributed by atoms with E-state index < -0.39 is 0 Å². The Kier molecular flexibility index (Phi) is 9.91. The highest BCUT2D eigenvalue weighted by atomic mass is 31.1. The van der Waals surface area contributed by atoms with Gasteiger partial charge in [-0.05, 0) is 12.8 Å². The highest BCUT2D eigenvalue weighted by Gasteiger charge is 2.00. The zero-order valence-corrected chi connectivity index (χ0v) is 9.77. The summed E-state index contributed by atoms with van der Waals surface area (Å²) in [7, 11) is 0.382. The maximum atomic E-state index is 11.1. The quantitative estimate of drug-likeness (QED) is 0.446. The molecule has 0 heterocycles. The number of carbonyl (C=O) groups excluding carboxylic acids is 1. The lowest BCUT2D eigenvalue weighted by Crippen LogP contribution is -1.97. The van der Waals surface area contributed by atoms with Crippen LogP contribution in [0, 0.1) is 0 Å². The summed E-state index contributed by atoms with van der Waals surface area (Å²) in [6.45, 7) is 4.28. The summed E-state index contributed by atoms with van der Waals surface area (Å²) in [6.07, 6.45) is 7.26. The van der Waals surface area contributed by atoms with Crippen molar-refractivity contribution in [1.82, 2.24) is 0 Å². The molecule has 1 atom stereocenters. The largest absolute Gasteiger partial charge is 0.448 e. The minimum absolute atomic E-state index is 0.0112. The Morgan fingerprint density at radius 1 is 1.15 bits per heavy atom.